The number of aliphatic hydroxyl groups is 1. The van der Waals surface area contributed by atoms with Gasteiger partial charge in [-0.1, -0.05) is 0 Å². The molecule has 4 heterocycles. The third-order valence-corrected chi connectivity index (χ3v) is 7.05. The molecule has 0 spiro atoms. The molecular weight excluding hydrogens is 502 g/mol. The number of likely N-dealkylation sites (tertiary alicyclic amines) is 2. The molecule has 2 aliphatic rings. The number of nitrogens with zero attached hydrogens (tertiary/aromatic N) is 6. The molecule has 0 aliphatic carbocycles. The van der Waals surface area contributed by atoms with Gasteiger partial charge < -0.3 is 24.4 Å². The number of anilines is 1. The minimum Gasteiger partial charge on any atom is -0.494 e. The molecule has 0 unspecified atom stereocenters. The van der Waals surface area contributed by atoms with Crippen LogP contribution in [0.25, 0.3) is 22.2 Å². The molecule has 2 N–H and O–H groups in total. The Morgan fingerprint density at radius 3 is 2.49 bits per heavy atom. The van der Waals surface area contributed by atoms with E-state index in [1.165, 1.54) is 6.20 Å². The summed E-state index contributed by atoms with van der Waals surface area (Å²) in [6.45, 7) is 9.32. The quantitative estimate of drug-likeness (QED) is 0.515. The molecule has 0 radical (unpaired) electrons. The maximum absolute atomic E-state index is 12.8. The van der Waals surface area contributed by atoms with E-state index in [1.54, 1.807) is 30.0 Å². The molecule has 39 heavy (non-hydrogen) atoms. The van der Waals surface area contributed by atoms with E-state index in [1.807, 2.05) is 43.8 Å². The summed E-state index contributed by atoms with van der Waals surface area (Å²) in [5.41, 5.74) is 1.53. The van der Waals surface area contributed by atoms with Gasteiger partial charge in [-0.3, -0.25) is 10.00 Å². The highest BCUT2D eigenvalue weighted by atomic mass is 16.6. The van der Waals surface area contributed by atoms with Gasteiger partial charge in [-0.15, -0.1) is 0 Å². The normalized spacial score (nSPS) is 17.6. The lowest BCUT2D eigenvalue weighted by Crippen LogP contribution is -2.52. The summed E-state index contributed by atoms with van der Waals surface area (Å²) >= 11 is 0. The second kappa shape index (κ2) is 9.99. The molecule has 0 saturated carbocycles. The van der Waals surface area contributed by atoms with Gasteiger partial charge in [-0.25, -0.2) is 19.6 Å². The number of nitrogens with one attached hydrogen (secondary N) is 1. The standard InChI is InChI=1S/C27H35N7O5/c1-26(2,3)39-25(36)33-15-18(16-33)34-14-17(12-29-34)19-6-7-20(38-5)23-22(19)28-13-21(30-23)31-24(35)32-10-8-27(4,37)9-11-32/h6-7,12-14,18,37H,8-11,15-16H2,1-5H3,(H,30,31,35). The predicted octanol–water partition coefficient (Wildman–Crippen LogP) is 3.67. The Bertz CT molecular complexity index is 1380. The van der Waals surface area contributed by atoms with Crippen LogP contribution in [0.3, 0.4) is 0 Å². The number of benzene rings is 1. The number of amides is 3. The van der Waals surface area contributed by atoms with Gasteiger partial charge in [0.15, 0.2) is 5.82 Å². The molecule has 2 saturated heterocycles. The summed E-state index contributed by atoms with van der Waals surface area (Å²) in [6, 6.07) is 3.50. The molecule has 3 aromatic rings. The number of rotatable bonds is 4. The van der Waals surface area contributed by atoms with Crippen molar-refractivity contribution >= 4 is 29.0 Å². The van der Waals surface area contributed by atoms with Gasteiger partial charge in [0.05, 0.1) is 31.1 Å². The second-order valence-corrected chi connectivity index (χ2v) is 11.4. The third kappa shape index (κ3) is 5.75. The number of piperidine rings is 1. The summed E-state index contributed by atoms with van der Waals surface area (Å²) in [4.78, 5) is 37.6. The fourth-order valence-electron chi connectivity index (χ4n) is 4.69. The second-order valence-electron chi connectivity index (χ2n) is 11.4. The minimum atomic E-state index is -0.743. The van der Waals surface area contributed by atoms with Gasteiger partial charge in [-0.05, 0) is 52.7 Å². The van der Waals surface area contributed by atoms with Crippen molar-refractivity contribution in [2.24, 2.45) is 0 Å². The SMILES string of the molecule is COc1ccc(-c2cnn(C3CN(C(=O)OC(C)(C)C)C3)c2)c2ncc(NC(=O)N3CCC(C)(O)CC3)nc12. The fourth-order valence-corrected chi connectivity index (χ4v) is 4.69. The minimum absolute atomic E-state index is 0.0576. The number of carbonyl (C=O) groups is 2. The number of aromatic nitrogens is 4. The van der Waals surface area contributed by atoms with Gasteiger partial charge in [0.2, 0.25) is 0 Å². The van der Waals surface area contributed by atoms with E-state index in [0.717, 1.165) is 11.1 Å². The Balaban J connectivity index is 1.32. The maximum Gasteiger partial charge on any atom is 0.410 e. The van der Waals surface area contributed by atoms with E-state index in [0.29, 0.717) is 61.6 Å². The molecule has 2 fully saturated rings. The van der Waals surface area contributed by atoms with E-state index in [-0.39, 0.29) is 18.2 Å². The highest BCUT2D eigenvalue weighted by molar-refractivity contribution is 5.96. The van der Waals surface area contributed by atoms with E-state index < -0.39 is 11.2 Å². The first-order valence-electron chi connectivity index (χ1n) is 13.1. The van der Waals surface area contributed by atoms with Crippen LogP contribution in [-0.4, -0.2) is 91.3 Å². The van der Waals surface area contributed by atoms with Crippen molar-refractivity contribution in [2.45, 2.75) is 57.8 Å². The average Bonchev–Trinajstić information content (AvgIpc) is 3.30. The molecule has 3 amide bonds. The smallest absolute Gasteiger partial charge is 0.410 e. The van der Waals surface area contributed by atoms with Crippen LogP contribution in [0.2, 0.25) is 0 Å². The molecule has 0 bridgehead atoms. The van der Waals surface area contributed by atoms with Crippen molar-refractivity contribution in [1.82, 2.24) is 29.5 Å². The number of fused-ring (bicyclic) bond motifs is 1. The number of urea groups is 1. The van der Waals surface area contributed by atoms with Crippen LogP contribution in [0.1, 0.15) is 46.6 Å². The average molecular weight is 538 g/mol. The maximum atomic E-state index is 12.8. The highest BCUT2D eigenvalue weighted by Gasteiger charge is 2.35. The number of ether oxygens (including phenoxy) is 2. The Labute approximate surface area is 226 Å². The number of hydrogen-bond donors (Lipinski definition) is 2. The molecule has 12 nitrogen and oxygen atoms in total. The topological polar surface area (TPSA) is 135 Å². The lowest BCUT2D eigenvalue weighted by atomic mass is 9.94. The Kier molecular flexibility index (Phi) is 6.83. The first kappa shape index (κ1) is 26.7. The van der Waals surface area contributed by atoms with Crippen molar-refractivity contribution in [2.75, 3.05) is 38.6 Å². The number of carbonyl (C=O) groups excluding carboxylic acids is 2. The van der Waals surface area contributed by atoms with Gasteiger partial charge in [0.25, 0.3) is 0 Å². The van der Waals surface area contributed by atoms with Crippen LogP contribution < -0.4 is 10.1 Å². The first-order valence-corrected chi connectivity index (χ1v) is 13.1. The van der Waals surface area contributed by atoms with Crippen LogP contribution in [0, 0.1) is 0 Å². The van der Waals surface area contributed by atoms with E-state index in [4.69, 9.17) is 9.47 Å². The number of hydrogen-bond acceptors (Lipinski definition) is 8. The van der Waals surface area contributed by atoms with Crippen LogP contribution >= 0.6 is 0 Å². The first-order chi connectivity index (χ1) is 18.4. The van der Waals surface area contributed by atoms with Crippen molar-refractivity contribution in [1.29, 1.82) is 0 Å². The summed E-state index contributed by atoms with van der Waals surface area (Å²) in [5.74, 6) is 0.846. The van der Waals surface area contributed by atoms with Gasteiger partial charge in [0.1, 0.15) is 22.4 Å². The fraction of sp³-hybridized carbons (Fsp3) is 0.519. The van der Waals surface area contributed by atoms with Gasteiger partial charge in [0, 0.05) is 43.5 Å². The molecule has 0 atom stereocenters. The molecular formula is C27H35N7O5. The molecule has 208 valence electrons. The lowest BCUT2D eigenvalue weighted by Gasteiger charge is -2.39. The molecule has 12 heteroatoms. The van der Waals surface area contributed by atoms with E-state index in [2.05, 4.69) is 20.4 Å². The summed E-state index contributed by atoms with van der Waals surface area (Å²) < 4.78 is 12.8. The molecule has 2 aliphatic heterocycles. The van der Waals surface area contributed by atoms with Gasteiger partial charge in [-0.2, -0.15) is 5.10 Å². The predicted molar refractivity (Wildman–Crippen MR) is 145 cm³/mol. The van der Waals surface area contributed by atoms with Crippen molar-refractivity contribution in [3.8, 4) is 16.9 Å². The van der Waals surface area contributed by atoms with Crippen molar-refractivity contribution < 1.29 is 24.2 Å². The Morgan fingerprint density at radius 1 is 1.10 bits per heavy atom. The zero-order valence-electron chi connectivity index (χ0n) is 23.0. The third-order valence-electron chi connectivity index (χ3n) is 7.05. The van der Waals surface area contributed by atoms with Crippen molar-refractivity contribution in [3.63, 3.8) is 0 Å². The monoisotopic (exact) mass is 537 g/mol. The lowest BCUT2D eigenvalue weighted by molar-refractivity contribution is -0.000475. The highest BCUT2D eigenvalue weighted by Crippen LogP contribution is 2.34. The van der Waals surface area contributed by atoms with E-state index >= 15 is 0 Å². The van der Waals surface area contributed by atoms with Crippen LogP contribution in [0.4, 0.5) is 15.4 Å². The van der Waals surface area contributed by atoms with Gasteiger partial charge >= 0.3 is 12.1 Å². The number of methoxy groups -OCH3 is 1. The zero-order chi connectivity index (χ0) is 27.9. The summed E-state index contributed by atoms with van der Waals surface area (Å²) in [6.07, 6.45) is 5.94. The molecule has 1 aromatic carbocycles. The Hall–Kier alpha value is -3.93. The van der Waals surface area contributed by atoms with Crippen molar-refractivity contribution in [3.05, 3.63) is 30.7 Å². The zero-order valence-corrected chi connectivity index (χ0v) is 23.0. The van der Waals surface area contributed by atoms with E-state index in [9.17, 15) is 14.7 Å². The largest absolute Gasteiger partial charge is 0.494 e. The van der Waals surface area contributed by atoms with Crippen LogP contribution in [-0.2, 0) is 4.74 Å². The molecule has 5 rings (SSSR count). The summed E-state index contributed by atoms with van der Waals surface area (Å²) in [7, 11) is 1.56. The van der Waals surface area contributed by atoms with Crippen LogP contribution in [0.5, 0.6) is 5.75 Å². The summed E-state index contributed by atoms with van der Waals surface area (Å²) in [5, 5.41) is 17.5. The Morgan fingerprint density at radius 2 is 1.82 bits per heavy atom. The molecule has 2 aromatic heterocycles. The van der Waals surface area contributed by atoms with Crippen LogP contribution in [0.15, 0.2) is 30.7 Å².